The zero-order chi connectivity index (χ0) is 26.5. The number of esters is 3. The Morgan fingerprint density at radius 2 is 1.43 bits per heavy atom. The highest BCUT2D eigenvalue weighted by Crippen LogP contribution is 2.39. The van der Waals surface area contributed by atoms with Crippen LogP contribution in [0.3, 0.4) is 0 Å². The lowest BCUT2D eigenvalue weighted by Gasteiger charge is -2.26. The fraction of sp³-hybridized carbons (Fsp3) is 0.333. The third-order valence-corrected chi connectivity index (χ3v) is 5.66. The molecule has 184 valence electrons. The largest absolute Gasteiger partial charge is 0.478 e. The van der Waals surface area contributed by atoms with Crippen molar-refractivity contribution in [3.63, 3.8) is 0 Å². The second kappa shape index (κ2) is 10.9. The van der Waals surface area contributed by atoms with Crippen LogP contribution in [0.1, 0.15) is 70.2 Å². The number of carbonyl (C=O) groups excluding carboxylic acids is 3. The van der Waals surface area contributed by atoms with Gasteiger partial charge in [-0.25, -0.2) is 9.59 Å². The molecule has 1 N–H and O–H groups in total. The van der Waals surface area contributed by atoms with Gasteiger partial charge in [-0.2, -0.15) is 0 Å². The molecule has 0 aliphatic carbocycles. The quantitative estimate of drug-likeness (QED) is 0.337. The Labute approximate surface area is 204 Å². The van der Waals surface area contributed by atoms with Crippen LogP contribution in [0.4, 0.5) is 0 Å². The van der Waals surface area contributed by atoms with Crippen LogP contribution in [-0.2, 0) is 20.7 Å². The van der Waals surface area contributed by atoms with Crippen molar-refractivity contribution >= 4 is 23.9 Å². The number of aromatic carboxylic acids is 1. The number of benzene rings is 2. The van der Waals surface area contributed by atoms with Crippen molar-refractivity contribution in [2.24, 2.45) is 0 Å². The van der Waals surface area contributed by atoms with Gasteiger partial charge < -0.3 is 19.3 Å². The Kier molecular flexibility index (Phi) is 8.43. The second-order valence-electron chi connectivity index (χ2n) is 8.31. The zero-order valence-corrected chi connectivity index (χ0v) is 20.6. The molecular weight excluding hydrogens is 452 g/mol. The number of ether oxygens (including phenoxy) is 3. The molecule has 0 radical (unpaired) electrons. The fourth-order valence-corrected chi connectivity index (χ4v) is 3.66. The van der Waals surface area contributed by atoms with Gasteiger partial charge in [-0.05, 0) is 62.9 Å². The molecule has 2 aromatic carbocycles. The highest BCUT2D eigenvalue weighted by molar-refractivity contribution is 6.02. The van der Waals surface area contributed by atoms with E-state index in [0.29, 0.717) is 33.8 Å². The van der Waals surface area contributed by atoms with E-state index in [1.165, 1.54) is 45.0 Å². The van der Waals surface area contributed by atoms with Crippen LogP contribution in [-0.4, -0.2) is 34.6 Å². The number of carbonyl (C=O) groups is 4. The molecule has 0 spiro atoms. The van der Waals surface area contributed by atoms with Crippen LogP contribution < -0.4 is 9.47 Å². The van der Waals surface area contributed by atoms with Crippen LogP contribution in [0.5, 0.6) is 11.5 Å². The summed E-state index contributed by atoms with van der Waals surface area (Å²) >= 11 is 0. The van der Waals surface area contributed by atoms with E-state index < -0.39 is 29.5 Å². The minimum atomic E-state index is -1.41. The van der Waals surface area contributed by atoms with E-state index in [-0.39, 0.29) is 24.0 Å². The van der Waals surface area contributed by atoms with Crippen LogP contribution in [0.25, 0.3) is 0 Å². The first kappa shape index (κ1) is 27.1. The van der Waals surface area contributed by atoms with Gasteiger partial charge in [0.2, 0.25) is 0 Å². The molecule has 0 aliphatic heterocycles. The minimum absolute atomic E-state index is 0.113. The summed E-state index contributed by atoms with van der Waals surface area (Å²) in [4.78, 5) is 47.7. The lowest BCUT2D eigenvalue weighted by Crippen LogP contribution is -2.31. The first-order valence-electron chi connectivity index (χ1n) is 10.8. The Morgan fingerprint density at radius 1 is 0.914 bits per heavy atom. The average Bonchev–Trinajstić information content (AvgIpc) is 2.79. The molecule has 2 rings (SSSR count). The zero-order valence-electron chi connectivity index (χ0n) is 20.6. The third kappa shape index (κ3) is 6.27. The van der Waals surface area contributed by atoms with Crippen molar-refractivity contribution in [3.05, 3.63) is 57.6 Å². The second-order valence-corrected chi connectivity index (χ2v) is 8.31. The van der Waals surface area contributed by atoms with E-state index in [1.54, 1.807) is 20.8 Å². The first-order valence-corrected chi connectivity index (χ1v) is 10.8. The Hall–Kier alpha value is -4.12. The normalized spacial score (nSPS) is 12.1. The molecule has 0 saturated heterocycles. The standard InChI is InChI=1S/C27H28O8/c1-8-27(7,35-26(32)22-12-10-9-11-21(22)25(30)31)14-13-20-17(4)23(33-18(5)28)15(2)16(3)24(20)34-19(6)29/h1,9-12H,13-14H2,2-7H3,(H,30,31)/t27-/m0/s1. The van der Waals surface area contributed by atoms with E-state index in [0.717, 1.165) is 0 Å². The highest BCUT2D eigenvalue weighted by atomic mass is 16.6. The number of terminal acetylenes is 1. The Bertz CT molecular complexity index is 1230. The lowest BCUT2D eigenvalue weighted by atomic mass is 9.90. The summed E-state index contributed by atoms with van der Waals surface area (Å²) in [6.45, 7) is 9.33. The van der Waals surface area contributed by atoms with Crippen molar-refractivity contribution in [3.8, 4) is 23.8 Å². The lowest BCUT2D eigenvalue weighted by molar-refractivity contribution is -0.133. The third-order valence-electron chi connectivity index (χ3n) is 5.66. The predicted octanol–water partition coefficient (Wildman–Crippen LogP) is 4.34. The monoisotopic (exact) mass is 480 g/mol. The molecule has 8 heteroatoms. The Balaban J connectivity index is 2.44. The number of carboxylic acid groups (broad SMARTS) is 1. The average molecular weight is 481 g/mol. The molecule has 0 aliphatic rings. The molecular formula is C27H28O8. The van der Waals surface area contributed by atoms with E-state index in [9.17, 15) is 24.3 Å². The molecule has 35 heavy (non-hydrogen) atoms. The van der Waals surface area contributed by atoms with Crippen molar-refractivity contribution in [2.75, 3.05) is 0 Å². The summed E-state index contributed by atoms with van der Waals surface area (Å²) in [5, 5.41) is 9.37. The Morgan fingerprint density at radius 3 is 1.94 bits per heavy atom. The SMILES string of the molecule is C#C[C@@](C)(CCc1c(C)c(OC(C)=O)c(C)c(C)c1OC(C)=O)OC(=O)c1ccccc1C(=O)O. The van der Waals surface area contributed by atoms with E-state index >= 15 is 0 Å². The van der Waals surface area contributed by atoms with Gasteiger partial charge in [0.05, 0.1) is 11.1 Å². The van der Waals surface area contributed by atoms with E-state index in [1.807, 2.05) is 0 Å². The molecule has 0 aromatic heterocycles. The minimum Gasteiger partial charge on any atom is -0.478 e. The molecule has 0 amide bonds. The van der Waals surface area contributed by atoms with Crippen molar-refractivity contribution in [1.29, 1.82) is 0 Å². The molecule has 1 atom stereocenters. The summed E-state index contributed by atoms with van der Waals surface area (Å²) in [5.74, 6) is -0.0164. The van der Waals surface area contributed by atoms with Crippen LogP contribution in [0.2, 0.25) is 0 Å². The van der Waals surface area contributed by atoms with Crippen molar-refractivity contribution in [1.82, 2.24) is 0 Å². The van der Waals surface area contributed by atoms with Gasteiger partial charge in [-0.3, -0.25) is 9.59 Å². The maximum atomic E-state index is 12.8. The predicted molar refractivity (Wildman–Crippen MR) is 128 cm³/mol. The van der Waals surface area contributed by atoms with E-state index in [4.69, 9.17) is 20.6 Å². The van der Waals surface area contributed by atoms with Gasteiger partial charge in [0.25, 0.3) is 0 Å². The summed E-state index contributed by atoms with van der Waals surface area (Å²) < 4.78 is 16.5. The summed E-state index contributed by atoms with van der Waals surface area (Å²) in [6, 6.07) is 5.67. The van der Waals surface area contributed by atoms with Crippen molar-refractivity contribution < 1.29 is 38.5 Å². The van der Waals surface area contributed by atoms with Gasteiger partial charge in [0.15, 0.2) is 5.60 Å². The van der Waals surface area contributed by atoms with Gasteiger partial charge >= 0.3 is 23.9 Å². The molecule has 0 unspecified atom stereocenters. The number of hydrogen-bond donors (Lipinski definition) is 1. The summed E-state index contributed by atoms with van der Waals surface area (Å²) in [5.41, 5.74) is 0.681. The maximum absolute atomic E-state index is 12.8. The molecule has 0 saturated carbocycles. The molecule has 0 bridgehead atoms. The topological polar surface area (TPSA) is 116 Å². The smallest absolute Gasteiger partial charge is 0.340 e. The van der Waals surface area contributed by atoms with Gasteiger partial charge in [-0.1, -0.05) is 18.1 Å². The molecule has 0 heterocycles. The first-order chi connectivity index (χ1) is 16.3. The number of rotatable bonds is 8. The summed E-state index contributed by atoms with van der Waals surface area (Å²) in [6.07, 6.45) is 6.02. The molecule has 0 fully saturated rings. The van der Waals surface area contributed by atoms with Crippen LogP contribution in [0.15, 0.2) is 24.3 Å². The number of carboxylic acids is 1. The molecule has 2 aromatic rings. The highest BCUT2D eigenvalue weighted by Gasteiger charge is 2.31. The maximum Gasteiger partial charge on any atom is 0.340 e. The van der Waals surface area contributed by atoms with E-state index in [2.05, 4.69) is 5.92 Å². The summed E-state index contributed by atoms with van der Waals surface area (Å²) in [7, 11) is 0. The van der Waals surface area contributed by atoms with Crippen molar-refractivity contribution in [2.45, 2.75) is 60.0 Å². The van der Waals surface area contributed by atoms with Gasteiger partial charge in [0, 0.05) is 25.8 Å². The number of hydrogen-bond acceptors (Lipinski definition) is 7. The fourth-order valence-electron chi connectivity index (χ4n) is 3.66. The van der Waals surface area contributed by atoms with Gasteiger partial charge in [0.1, 0.15) is 11.5 Å². The van der Waals surface area contributed by atoms with Gasteiger partial charge in [-0.15, -0.1) is 6.42 Å². The van der Waals surface area contributed by atoms with Crippen LogP contribution in [0, 0.1) is 33.1 Å². The molecule has 8 nitrogen and oxygen atoms in total. The van der Waals surface area contributed by atoms with Crippen LogP contribution >= 0.6 is 0 Å².